The predicted octanol–water partition coefficient (Wildman–Crippen LogP) is 1.49. The van der Waals surface area contributed by atoms with Crippen LogP contribution in [0.4, 0.5) is 0 Å². The van der Waals surface area contributed by atoms with Crippen molar-refractivity contribution in [2.75, 3.05) is 6.54 Å². The number of hydrogen-bond acceptors (Lipinski definition) is 4. The Morgan fingerprint density at radius 1 is 1.35 bits per heavy atom. The molecule has 2 aromatic rings. The Bertz CT molecular complexity index is 737. The van der Waals surface area contributed by atoms with Gasteiger partial charge in [-0.15, -0.1) is 0 Å². The van der Waals surface area contributed by atoms with Gasteiger partial charge in [-0.1, -0.05) is 0 Å². The van der Waals surface area contributed by atoms with Crippen molar-refractivity contribution in [2.45, 2.75) is 26.7 Å². The van der Waals surface area contributed by atoms with Crippen molar-refractivity contribution in [3.8, 4) is 0 Å². The van der Waals surface area contributed by atoms with Crippen molar-refractivity contribution in [1.29, 1.82) is 0 Å². The summed E-state index contributed by atoms with van der Waals surface area (Å²) in [5.41, 5.74) is 3.51. The number of aromatic nitrogens is 3. The second-order valence-electron chi connectivity index (χ2n) is 5.37. The molecular formula is C16H20N4O3. The molecule has 122 valence electrons. The lowest BCUT2D eigenvalue weighted by Gasteiger charge is -2.06. The van der Waals surface area contributed by atoms with E-state index in [9.17, 15) is 9.59 Å². The average Bonchev–Trinajstić information content (AvgIpc) is 2.77. The second kappa shape index (κ2) is 7.04. The first-order valence-electron chi connectivity index (χ1n) is 7.36. The number of rotatable bonds is 6. The van der Waals surface area contributed by atoms with Gasteiger partial charge in [0.05, 0.1) is 5.69 Å². The highest BCUT2D eigenvalue weighted by molar-refractivity contribution is 5.96. The van der Waals surface area contributed by atoms with Crippen molar-refractivity contribution < 1.29 is 14.7 Å². The Labute approximate surface area is 134 Å². The highest BCUT2D eigenvalue weighted by Crippen LogP contribution is 2.13. The molecule has 2 rings (SSSR count). The summed E-state index contributed by atoms with van der Waals surface area (Å²) < 4.78 is 1.85. The minimum absolute atomic E-state index is 0.140. The number of aromatic carboxylic acids is 1. The van der Waals surface area contributed by atoms with Crippen LogP contribution in [0.3, 0.4) is 0 Å². The highest BCUT2D eigenvalue weighted by atomic mass is 16.4. The van der Waals surface area contributed by atoms with Gasteiger partial charge in [-0.3, -0.25) is 9.48 Å². The summed E-state index contributed by atoms with van der Waals surface area (Å²) in [7, 11) is 1.91. The third kappa shape index (κ3) is 3.94. The molecule has 7 heteroatoms. The number of carboxylic acid groups (broad SMARTS) is 1. The van der Waals surface area contributed by atoms with Crippen LogP contribution in [0.5, 0.6) is 0 Å². The third-order valence-electron chi connectivity index (χ3n) is 3.79. The topological polar surface area (TPSA) is 97.1 Å². The normalized spacial score (nSPS) is 10.6. The molecule has 2 aromatic heterocycles. The van der Waals surface area contributed by atoms with Crippen LogP contribution >= 0.6 is 0 Å². The van der Waals surface area contributed by atoms with Gasteiger partial charge in [0.25, 0.3) is 5.91 Å². The Hall–Kier alpha value is -2.70. The van der Waals surface area contributed by atoms with Gasteiger partial charge in [0, 0.05) is 31.0 Å². The smallest absolute Gasteiger partial charge is 0.354 e. The largest absolute Gasteiger partial charge is 0.477 e. The number of hydrogen-bond donors (Lipinski definition) is 2. The van der Waals surface area contributed by atoms with Crippen molar-refractivity contribution in [2.24, 2.45) is 7.05 Å². The van der Waals surface area contributed by atoms with E-state index in [1.54, 1.807) is 0 Å². The molecular weight excluding hydrogens is 296 g/mol. The fraction of sp³-hybridized carbons (Fsp3) is 0.375. The molecule has 0 unspecified atom stereocenters. The maximum absolute atomic E-state index is 12.0. The molecule has 0 saturated carbocycles. The van der Waals surface area contributed by atoms with Crippen molar-refractivity contribution in [3.05, 3.63) is 46.5 Å². The maximum atomic E-state index is 12.0. The van der Waals surface area contributed by atoms with Crippen LogP contribution in [0.25, 0.3) is 0 Å². The number of aryl methyl sites for hydroxylation is 2. The van der Waals surface area contributed by atoms with Gasteiger partial charge in [-0.25, -0.2) is 9.78 Å². The molecule has 0 aliphatic heterocycles. The summed E-state index contributed by atoms with van der Waals surface area (Å²) in [4.78, 5) is 26.6. The Balaban J connectivity index is 1.88. The van der Waals surface area contributed by atoms with Gasteiger partial charge in [-0.05, 0) is 44.4 Å². The first kappa shape index (κ1) is 16.7. The van der Waals surface area contributed by atoms with E-state index < -0.39 is 5.97 Å². The molecule has 0 radical (unpaired) electrons. The first-order chi connectivity index (χ1) is 10.9. The van der Waals surface area contributed by atoms with Gasteiger partial charge in [0.15, 0.2) is 0 Å². The summed E-state index contributed by atoms with van der Waals surface area (Å²) >= 11 is 0. The minimum Gasteiger partial charge on any atom is -0.477 e. The van der Waals surface area contributed by atoms with Gasteiger partial charge in [-0.2, -0.15) is 5.10 Å². The van der Waals surface area contributed by atoms with Crippen molar-refractivity contribution in [1.82, 2.24) is 20.1 Å². The highest BCUT2D eigenvalue weighted by Gasteiger charge is 2.11. The molecule has 7 nitrogen and oxygen atoms in total. The van der Waals surface area contributed by atoms with Crippen molar-refractivity contribution in [3.63, 3.8) is 0 Å². The minimum atomic E-state index is -1.15. The average molecular weight is 316 g/mol. The Morgan fingerprint density at radius 2 is 2.09 bits per heavy atom. The van der Waals surface area contributed by atoms with E-state index >= 15 is 0 Å². The summed E-state index contributed by atoms with van der Waals surface area (Å²) in [6, 6.07) is 2.77. The molecule has 0 spiro atoms. The molecule has 23 heavy (non-hydrogen) atoms. The lowest BCUT2D eigenvalue weighted by Crippen LogP contribution is -2.25. The molecule has 0 aliphatic carbocycles. The van der Waals surface area contributed by atoms with Gasteiger partial charge < -0.3 is 10.4 Å². The monoisotopic (exact) mass is 316 g/mol. The Morgan fingerprint density at radius 3 is 2.70 bits per heavy atom. The number of carbonyl (C=O) groups excluding carboxylic acids is 1. The molecule has 1 amide bonds. The number of amides is 1. The van der Waals surface area contributed by atoms with Gasteiger partial charge >= 0.3 is 5.97 Å². The SMILES string of the molecule is Cc1nn(C)c(C)c1CCCNC(=O)c1ccnc(C(=O)O)c1. The standard InChI is InChI=1S/C16H20N4O3/c1-10-13(11(2)20(3)19-10)5-4-7-18-15(21)12-6-8-17-14(9-12)16(22)23/h6,8-9H,4-5,7H2,1-3H3,(H,18,21)(H,22,23). The fourth-order valence-electron chi connectivity index (χ4n) is 2.44. The van der Waals surface area contributed by atoms with Gasteiger partial charge in [0.1, 0.15) is 5.69 Å². The lowest BCUT2D eigenvalue weighted by atomic mass is 10.1. The van der Waals surface area contributed by atoms with Crippen LogP contribution in [0.1, 0.15) is 44.2 Å². The predicted molar refractivity (Wildman–Crippen MR) is 84.5 cm³/mol. The van der Waals surface area contributed by atoms with E-state index in [0.717, 1.165) is 24.2 Å². The van der Waals surface area contributed by atoms with Crippen molar-refractivity contribution >= 4 is 11.9 Å². The molecule has 0 bridgehead atoms. The zero-order valence-corrected chi connectivity index (χ0v) is 13.5. The quantitative estimate of drug-likeness (QED) is 0.787. The van der Waals surface area contributed by atoms with Crippen LogP contribution in [-0.4, -0.2) is 38.3 Å². The fourth-order valence-corrected chi connectivity index (χ4v) is 2.44. The van der Waals surface area contributed by atoms with E-state index in [-0.39, 0.29) is 11.6 Å². The van der Waals surface area contributed by atoms with Crippen LogP contribution in [0, 0.1) is 13.8 Å². The number of nitrogens with zero attached hydrogens (tertiary/aromatic N) is 3. The lowest BCUT2D eigenvalue weighted by molar-refractivity contribution is 0.0690. The number of pyridine rings is 1. The first-order valence-corrected chi connectivity index (χ1v) is 7.36. The van der Waals surface area contributed by atoms with E-state index in [0.29, 0.717) is 12.1 Å². The van der Waals surface area contributed by atoms with Crippen LogP contribution < -0.4 is 5.32 Å². The zero-order chi connectivity index (χ0) is 17.0. The summed E-state index contributed by atoms with van der Waals surface area (Å²) in [5.74, 6) is -1.45. The third-order valence-corrected chi connectivity index (χ3v) is 3.79. The van der Waals surface area contributed by atoms with Crippen LogP contribution in [0.2, 0.25) is 0 Å². The van der Waals surface area contributed by atoms with E-state index in [2.05, 4.69) is 15.4 Å². The maximum Gasteiger partial charge on any atom is 0.354 e. The van der Waals surface area contributed by atoms with Crippen LogP contribution in [-0.2, 0) is 13.5 Å². The van der Waals surface area contributed by atoms with Crippen LogP contribution in [0.15, 0.2) is 18.3 Å². The molecule has 0 fully saturated rings. The number of nitrogens with one attached hydrogen (secondary N) is 1. The summed E-state index contributed by atoms with van der Waals surface area (Å²) in [6.45, 7) is 4.51. The molecule has 2 heterocycles. The van der Waals surface area contributed by atoms with E-state index in [4.69, 9.17) is 5.11 Å². The number of carboxylic acids is 1. The molecule has 0 aromatic carbocycles. The van der Waals surface area contributed by atoms with E-state index in [1.165, 1.54) is 23.9 Å². The molecule has 2 N–H and O–H groups in total. The van der Waals surface area contributed by atoms with E-state index in [1.807, 2.05) is 25.6 Å². The second-order valence-corrected chi connectivity index (χ2v) is 5.37. The summed E-state index contributed by atoms with van der Waals surface area (Å²) in [5, 5.41) is 16.0. The van der Waals surface area contributed by atoms with Gasteiger partial charge in [0.2, 0.25) is 0 Å². The Kier molecular flexibility index (Phi) is 5.10. The number of carbonyl (C=O) groups is 2. The zero-order valence-electron chi connectivity index (χ0n) is 13.5. The molecule has 0 saturated heterocycles. The molecule has 0 aliphatic rings. The summed E-state index contributed by atoms with van der Waals surface area (Å²) in [6.07, 6.45) is 2.94. The molecule has 0 atom stereocenters.